The van der Waals surface area contributed by atoms with Crippen LogP contribution in [0.3, 0.4) is 0 Å². The number of ether oxygens (including phenoxy) is 1. The monoisotopic (exact) mass is 536 g/mol. The third-order valence-electron chi connectivity index (χ3n) is 5.71. The van der Waals surface area contributed by atoms with Crippen LogP contribution in [-0.2, 0) is 23.6 Å². The van der Waals surface area contributed by atoms with E-state index in [9.17, 15) is 18.1 Å². The third kappa shape index (κ3) is 4.52. The van der Waals surface area contributed by atoms with E-state index in [0.717, 1.165) is 5.56 Å². The summed E-state index contributed by atoms with van der Waals surface area (Å²) in [5, 5.41) is -4.75. The van der Waals surface area contributed by atoms with Crippen LogP contribution in [0.5, 0.6) is 0 Å². The molecule has 0 saturated heterocycles. The molecule has 0 spiro atoms. The van der Waals surface area contributed by atoms with Crippen molar-refractivity contribution in [2.24, 2.45) is 0 Å². The first-order valence-electron chi connectivity index (χ1n) is 11.0. The van der Waals surface area contributed by atoms with E-state index in [1.54, 1.807) is 48.5 Å². The Morgan fingerprint density at radius 3 is 1.69 bits per heavy atom. The number of carbonyl (C=O) groups excluding carboxylic acids is 1. The van der Waals surface area contributed by atoms with E-state index in [1.165, 1.54) is 36.4 Å². The number of esters is 1. The molecule has 0 heterocycles. The molecule has 0 bridgehead atoms. The average molecular weight is 537 g/mol. The van der Waals surface area contributed by atoms with Crippen molar-refractivity contribution in [2.75, 3.05) is 6.61 Å². The molecule has 0 radical (unpaired) electrons. The second kappa shape index (κ2) is 9.55. The van der Waals surface area contributed by atoms with E-state index < -0.39 is 35.6 Å². The van der Waals surface area contributed by atoms with Gasteiger partial charge in [0.25, 0.3) is 0 Å². The average Bonchev–Trinajstić information content (AvgIpc) is 2.83. The molecule has 0 saturated carbocycles. The van der Waals surface area contributed by atoms with Gasteiger partial charge < -0.3 is 4.74 Å². The van der Waals surface area contributed by atoms with Crippen molar-refractivity contribution in [3.63, 3.8) is 0 Å². The fraction of sp³-hybridized carbons (Fsp3) is 0.222. The first-order valence-corrected chi connectivity index (χ1v) is 15.1. The van der Waals surface area contributed by atoms with Gasteiger partial charge in [0.15, 0.2) is 15.3 Å². The highest BCUT2D eigenvalue weighted by Crippen LogP contribution is 2.82. The first-order chi connectivity index (χ1) is 16.7. The number of hydrogen-bond donors (Lipinski definition) is 2. The Morgan fingerprint density at radius 2 is 1.31 bits per heavy atom. The molecule has 0 aliphatic heterocycles. The molecule has 5 nitrogen and oxygen atoms in total. The summed E-state index contributed by atoms with van der Waals surface area (Å²) in [7, 11) is -11.1. The Bertz CT molecular complexity index is 1260. The van der Waals surface area contributed by atoms with E-state index in [1.807, 2.05) is 20.8 Å². The largest absolute Gasteiger partial charge is 0.455 e. The molecule has 0 aliphatic rings. The van der Waals surface area contributed by atoms with Crippen molar-refractivity contribution in [3.05, 3.63) is 103 Å². The van der Waals surface area contributed by atoms with Gasteiger partial charge in [-0.3, -0.25) is 9.11 Å². The van der Waals surface area contributed by atoms with Crippen molar-refractivity contribution >= 4 is 23.7 Å². The second-order valence-corrected chi connectivity index (χ2v) is 17.2. The van der Waals surface area contributed by atoms with Gasteiger partial charge in [-0.1, -0.05) is 84.9 Å². The van der Waals surface area contributed by atoms with Crippen molar-refractivity contribution in [3.8, 4) is 0 Å². The lowest BCUT2D eigenvalue weighted by Crippen LogP contribution is -2.55. The smallest absolute Gasteiger partial charge is 0.383 e. The maximum Gasteiger partial charge on any atom is 0.383 e. The van der Waals surface area contributed by atoms with Crippen LogP contribution in [0.1, 0.15) is 26.3 Å². The Morgan fingerprint density at radius 1 is 0.889 bits per heavy atom. The van der Waals surface area contributed by atoms with Gasteiger partial charge in [-0.2, -0.15) is 8.78 Å². The number of alkyl halides is 2. The standard InChI is InChI=1S/C27H30F2O5S2/c1-5-25(30)34-20-27(28,29)36(31,32,33)35(22-12-8-6-9-13-22,23-14-10-7-11-15-23)24-18-16-21(17-19-24)26(2,3)4/h5-19H,1,20H2,2-4H3,(H2,31,32,33). The highest BCUT2D eigenvalue weighted by Gasteiger charge is 2.69. The van der Waals surface area contributed by atoms with Gasteiger partial charge in [0.2, 0.25) is 0 Å². The van der Waals surface area contributed by atoms with Crippen molar-refractivity contribution in [2.45, 2.75) is 46.1 Å². The zero-order valence-electron chi connectivity index (χ0n) is 20.3. The predicted molar refractivity (Wildman–Crippen MR) is 140 cm³/mol. The number of benzene rings is 3. The maximum atomic E-state index is 15.8. The van der Waals surface area contributed by atoms with Crippen LogP contribution in [-0.4, -0.2) is 31.1 Å². The number of rotatable bonds is 8. The molecule has 3 aromatic carbocycles. The Kier molecular flexibility index (Phi) is 7.36. The lowest BCUT2D eigenvalue weighted by atomic mass is 9.87. The van der Waals surface area contributed by atoms with Crippen LogP contribution < -0.4 is 0 Å². The minimum absolute atomic E-state index is 0.0384. The maximum absolute atomic E-state index is 15.8. The summed E-state index contributed by atoms with van der Waals surface area (Å²) in [6, 6.07) is 21.6. The molecular weight excluding hydrogens is 506 g/mol. The zero-order chi connectivity index (χ0) is 26.9. The van der Waals surface area contributed by atoms with E-state index in [2.05, 4.69) is 11.3 Å². The van der Waals surface area contributed by atoms with Crippen LogP contribution in [0.4, 0.5) is 8.78 Å². The van der Waals surface area contributed by atoms with Gasteiger partial charge in [-0.15, -0.1) is 0 Å². The summed E-state index contributed by atoms with van der Waals surface area (Å²) in [6.45, 7) is 7.26. The zero-order valence-corrected chi connectivity index (χ0v) is 21.9. The van der Waals surface area contributed by atoms with Gasteiger partial charge in [-0.05, 0) is 47.4 Å². The van der Waals surface area contributed by atoms with E-state index in [4.69, 9.17) is 0 Å². The summed E-state index contributed by atoms with van der Waals surface area (Å²) in [4.78, 5) is 11.7. The van der Waals surface area contributed by atoms with Crippen LogP contribution in [0.15, 0.2) is 112 Å². The highest BCUT2D eigenvalue weighted by molar-refractivity contribution is 8.97. The topological polar surface area (TPSA) is 83.8 Å². The Labute approximate surface area is 211 Å². The molecule has 0 aliphatic carbocycles. The van der Waals surface area contributed by atoms with Crippen LogP contribution >= 0.6 is 9.06 Å². The summed E-state index contributed by atoms with van der Waals surface area (Å²) in [5.41, 5.74) is 0.588. The second-order valence-electron chi connectivity index (χ2n) is 9.20. The lowest BCUT2D eigenvalue weighted by molar-refractivity contribution is -0.144. The summed E-state index contributed by atoms with van der Waals surface area (Å²) < 4.78 is 73.7. The summed E-state index contributed by atoms with van der Waals surface area (Å²) >= 11 is 0. The molecule has 0 unspecified atom stereocenters. The van der Waals surface area contributed by atoms with Crippen molar-refractivity contribution < 1.29 is 31.6 Å². The van der Waals surface area contributed by atoms with Crippen LogP contribution in [0, 0.1) is 0 Å². The quantitative estimate of drug-likeness (QED) is 0.180. The van der Waals surface area contributed by atoms with E-state index in [0.29, 0.717) is 6.08 Å². The molecule has 2 N–H and O–H groups in total. The molecular formula is C27H30F2O5S2. The summed E-state index contributed by atoms with van der Waals surface area (Å²) in [6.07, 6.45) is 0.655. The van der Waals surface area contributed by atoms with Gasteiger partial charge >= 0.3 is 11.2 Å². The van der Waals surface area contributed by atoms with Gasteiger partial charge in [0.1, 0.15) is 0 Å². The fourth-order valence-corrected chi connectivity index (χ4v) is 13.2. The minimum Gasteiger partial charge on any atom is -0.455 e. The molecule has 0 atom stereocenters. The Balaban J connectivity index is 2.46. The Hall–Kier alpha value is -2.85. The summed E-state index contributed by atoms with van der Waals surface area (Å²) in [5.74, 6) is -1.22. The number of carbonyl (C=O) groups is 1. The van der Waals surface area contributed by atoms with E-state index >= 15 is 8.78 Å². The highest BCUT2D eigenvalue weighted by atomic mass is 33.2. The van der Waals surface area contributed by atoms with Crippen LogP contribution in [0.2, 0.25) is 0 Å². The molecule has 3 rings (SSSR count). The van der Waals surface area contributed by atoms with Gasteiger partial charge in [-0.25, -0.2) is 9.00 Å². The van der Waals surface area contributed by atoms with Gasteiger partial charge in [0.05, 0.1) is 0 Å². The lowest BCUT2D eigenvalue weighted by Gasteiger charge is -2.56. The van der Waals surface area contributed by atoms with Crippen molar-refractivity contribution in [1.82, 2.24) is 0 Å². The molecule has 0 aromatic heterocycles. The third-order valence-corrected chi connectivity index (χ3v) is 15.7. The van der Waals surface area contributed by atoms with E-state index in [-0.39, 0.29) is 20.1 Å². The molecule has 0 amide bonds. The molecule has 0 fully saturated rings. The first kappa shape index (κ1) is 27.7. The normalized spacial score (nSPS) is 14.4. The fourth-order valence-electron chi connectivity index (χ4n) is 3.80. The SMILES string of the molecule is C=CC(=O)OCC(F)(F)S(=O)(O)(O)S(c1ccccc1)(c1ccccc1)c1ccc(C(C)(C)C)cc1. The molecule has 36 heavy (non-hydrogen) atoms. The van der Waals surface area contributed by atoms with Crippen molar-refractivity contribution in [1.29, 1.82) is 0 Å². The number of hydrogen-bond acceptors (Lipinski definition) is 3. The number of halogens is 2. The predicted octanol–water partition coefficient (Wildman–Crippen LogP) is 7.27. The minimum atomic E-state index is -7.06. The molecule has 194 valence electrons. The molecule has 9 heteroatoms. The molecule has 3 aromatic rings. The van der Waals surface area contributed by atoms with Gasteiger partial charge in [0, 0.05) is 20.8 Å². The van der Waals surface area contributed by atoms with Crippen LogP contribution in [0.25, 0.3) is 0 Å².